The van der Waals surface area contributed by atoms with Crippen LogP contribution >= 0.6 is 0 Å². The van der Waals surface area contributed by atoms with E-state index >= 15 is 0 Å². The lowest BCUT2D eigenvalue weighted by Crippen LogP contribution is -2.18. The van der Waals surface area contributed by atoms with Gasteiger partial charge in [-0.05, 0) is 67.3 Å². The number of esters is 1. The molecule has 5 heteroatoms. The standard InChI is InChI=1S/C21H21NO4/c1-14-10-15(2)16(3)19(11-14)25-13-21(23)26-18-8-7-17(6-5-9-22)12-20(18)24-4/h5-8,10-12H,13H2,1-4H3/b6-5-. The van der Waals surface area contributed by atoms with Gasteiger partial charge >= 0.3 is 5.97 Å². The second kappa shape index (κ2) is 8.72. The van der Waals surface area contributed by atoms with E-state index in [1.165, 1.54) is 13.2 Å². The lowest BCUT2D eigenvalue weighted by molar-refractivity contribution is -0.136. The first kappa shape index (κ1) is 19.1. The highest BCUT2D eigenvalue weighted by Gasteiger charge is 2.12. The SMILES string of the molecule is COc1cc(/C=C\C#N)ccc1OC(=O)COc1cc(C)cc(C)c1C. The van der Waals surface area contributed by atoms with Gasteiger partial charge in [0, 0.05) is 6.08 Å². The second-order valence-electron chi connectivity index (χ2n) is 5.84. The van der Waals surface area contributed by atoms with Crippen LogP contribution in [-0.4, -0.2) is 19.7 Å². The summed E-state index contributed by atoms with van der Waals surface area (Å²) < 4.78 is 16.2. The van der Waals surface area contributed by atoms with E-state index in [1.807, 2.05) is 32.9 Å². The number of benzene rings is 2. The number of nitrogens with zero attached hydrogens (tertiary/aromatic N) is 1. The Morgan fingerprint density at radius 2 is 1.88 bits per heavy atom. The average Bonchev–Trinajstić information content (AvgIpc) is 2.62. The van der Waals surface area contributed by atoms with Crippen LogP contribution in [0, 0.1) is 32.1 Å². The number of nitriles is 1. The van der Waals surface area contributed by atoms with Gasteiger partial charge in [-0.1, -0.05) is 12.1 Å². The maximum Gasteiger partial charge on any atom is 0.349 e. The number of ether oxygens (including phenoxy) is 3. The first-order chi connectivity index (χ1) is 12.4. The fourth-order valence-corrected chi connectivity index (χ4v) is 2.45. The number of hydrogen-bond acceptors (Lipinski definition) is 5. The highest BCUT2D eigenvalue weighted by atomic mass is 16.6. The Labute approximate surface area is 153 Å². The van der Waals surface area contributed by atoms with Crippen LogP contribution < -0.4 is 14.2 Å². The number of hydrogen-bond donors (Lipinski definition) is 0. The van der Waals surface area contributed by atoms with Gasteiger partial charge in [-0.2, -0.15) is 5.26 Å². The molecule has 0 aromatic heterocycles. The zero-order valence-corrected chi connectivity index (χ0v) is 15.3. The molecule has 0 aliphatic rings. The van der Waals surface area contributed by atoms with E-state index in [1.54, 1.807) is 24.3 Å². The van der Waals surface area contributed by atoms with Crippen LogP contribution in [0.4, 0.5) is 0 Å². The largest absolute Gasteiger partial charge is 0.493 e. The number of carbonyl (C=O) groups excluding carboxylic acids is 1. The van der Waals surface area contributed by atoms with E-state index in [-0.39, 0.29) is 6.61 Å². The molecule has 2 aromatic carbocycles. The summed E-state index contributed by atoms with van der Waals surface area (Å²) in [6, 6.07) is 10.9. The Kier molecular flexibility index (Phi) is 6.40. The van der Waals surface area contributed by atoms with Gasteiger partial charge in [0.2, 0.25) is 0 Å². The second-order valence-corrected chi connectivity index (χ2v) is 5.84. The lowest BCUT2D eigenvalue weighted by Gasteiger charge is -2.13. The molecule has 0 bridgehead atoms. The number of rotatable bonds is 6. The van der Waals surface area contributed by atoms with Crippen molar-refractivity contribution in [2.45, 2.75) is 20.8 Å². The number of aryl methyl sites for hydroxylation is 2. The predicted molar refractivity (Wildman–Crippen MR) is 99.4 cm³/mol. The van der Waals surface area contributed by atoms with E-state index in [0.717, 1.165) is 22.3 Å². The minimum atomic E-state index is -0.526. The quantitative estimate of drug-likeness (QED) is 0.444. The van der Waals surface area contributed by atoms with Gasteiger partial charge < -0.3 is 14.2 Å². The van der Waals surface area contributed by atoms with Crippen molar-refractivity contribution in [3.8, 4) is 23.3 Å². The van der Waals surface area contributed by atoms with Gasteiger partial charge in [0.25, 0.3) is 0 Å². The number of methoxy groups -OCH3 is 1. The van der Waals surface area contributed by atoms with Crippen LogP contribution in [0.1, 0.15) is 22.3 Å². The molecular weight excluding hydrogens is 330 g/mol. The Balaban J connectivity index is 2.06. The minimum absolute atomic E-state index is 0.205. The van der Waals surface area contributed by atoms with E-state index in [0.29, 0.717) is 17.2 Å². The fraction of sp³-hybridized carbons (Fsp3) is 0.238. The number of carbonyl (C=O) groups is 1. The molecule has 2 rings (SSSR count). The topological polar surface area (TPSA) is 68.5 Å². The van der Waals surface area contributed by atoms with Gasteiger partial charge in [0.1, 0.15) is 5.75 Å². The Hall–Kier alpha value is -3.26. The van der Waals surface area contributed by atoms with E-state index < -0.39 is 5.97 Å². The van der Waals surface area contributed by atoms with Gasteiger partial charge in [-0.3, -0.25) is 0 Å². The molecule has 0 heterocycles. The van der Waals surface area contributed by atoms with E-state index in [9.17, 15) is 4.79 Å². The van der Waals surface area contributed by atoms with Gasteiger partial charge in [0.15, 0.2) is 18.1 Å². The summed E-state index contributed by atoms with van der Waals surface area (Å²) >= 11 is 0. The molecule has 0 N–H and O–H groups in total. The molecule has 0 saturated carbocycles. The van der Waals surface area contributed by atoms with Crippen LogP contribution in [0.2, 0.25) is 0 Å². The highest BCUT2D eigenvalue weighted by Crippen LogP contribution is 2.29. The first-order valence-electron chi connectivity index (χ1n) is 8.10. The summed E-state index contributed by atoms with van der Waals surface area (Å²) in [5.74, 6) is 0.846. The Morgan fingerprint density at radius 3 is 2.58 bits per heavy atom. The number of allylic oxidation sites excluding steroid dienone is 1. The maximum absolute atomic E-state index is 12.1. The third kappa shape index (κ3) is 4.87. The summed E-state index contributed by atoms with van der Waals surface area (Å²) in [5, 5.41) is 8.58. The molecule has 5 nitrogen and oxygen atoms in total. The summed E-state index contributed by atoms with van der Waals surface area (Å²) in [6.07, 6.45) is 3.00. The molecule has 0 spiro atoms. The molecular formula is C21H21NO4. The van der Waals surface area contributed by atoms with Crippen LogP contribution in [0.15, 0.2) is 36.4 Å². The normalized spacial score (nSPS) is 10.4. The summed E-state index contributed by atoms with van der Waals surface area (Å²) in [4.78, 5) is 12.1. The third-order valence-electron chi connectivity index (χ3n) is 3.87. The molecule has 0 atom stereocenters. The van der Waals surface area contributed by atoms with Crippen LogP contribution in [0.3, 0.4) is 0 Å². The van der Waals surface area contributed by atoms with Crippen molar-refractivity contribution < 1.29 is 19.0 Å². The summed E-state index contributed by atoms with van der Waals surface area (Å²) in [7, 11) is 1.49. The van der Waals surface area contributed by atoms with Gasteiger partial charge in [-0.15, -0.1) is 0 Å². The first-order valence-corrected chi connectivity index (χ1v) is 8.10. The van der Waals surface area contributed by atoms with Crippen LogP contribution in [-0.2, 0) is 4.79 Å². The van der Waals surface area contributed by atoms with E-state index in [4.69, 9.17) is 19.5 Å². The molecule has 0 unspecified atom stereocenters. The third-order valence-corrected chi connectivity index (χ3v) is 3.87. The van der Waals surface area contributed by atoms with Crippen molar-refractivity contribution in [2.24, 2.45) is 0 Å². The molecule has 0 fully saturated rings. The summed E-state index contributed by atoms with van der Waals surface area (Å²) in [6.45, 7) is 5.72. The molecule has 134 valence electrons. The van der Waals surface area contributed by atoms with Crippen molar-refractivity contribution in [1.82, 2.24) is 0 Å². The average molecular weight is 351 g/mol. The zero-order chi connectivity index (χ0) is 19.1. The highest BCUT2D eigenvalue weighted by molar-refractivity contribution is 5.75. The van der Waals surface area contributed by atoms with Crippen molar-refractivity contribution >= 4 is 12.0 Å². The van der Waals surface area contributed by atoms with Gasteiger partial charge in [-0.25, -0.2) is 4.79 Å². The smallest absolute Gasteiger partial charge is 0.349 e. The fourth-order valence-electron chi connectivity index (χ4n) is 2.45. The van der Waals surface area contributed by atoms with Crippen molar-refractivity contribution in [3.63, 3.8) is 0 Å². The van der Waals surface area contributed by atoms with Gasteiger partial charge in [0.05, 0.1) is 13.2 Å². The van der Waals surface area contributed by atoms with Crippen molar-refractivity contribution in [1.29, 1.82) is 5.26 Å². The molecule has 0 saturated heterocycles. The van der Waals surface area contributed by atoms with Crippen molar-refractivity contribution in [2.75, 3.05) is 13.7 Å². The van der Waals surface area contributed by atoms with Crippen LogP contribution in [0.5, 0.6) is 17.2 Å². The Morgan fingerprint density at radius 1 is 1.12 bits per heavy atom. The Bertz CT molecular complexity index is 878. The van der Waals surface area contributed by atoms with E-state index in [2.05, 4.69) is 6.07 Å². The minimum Gasteiger partial charge on any atom is -0.493 e. The van der Waals surface area contributed by atoms with Crippen molar-refractivity contribution in [3.05, 3.63) is 58.7 Å². The molecule has 0 radical (unpaired) electrons. The molecule has 0 amide bonds. The molecule has 26 heavy (non-hydrogen) atoms. The summed E-state index contributed by atoms with van der Waals surface area (Å²) in [5.41, 5.74) is 3.94. The predicted octanol–water partition coefficient (Wildman–Crippen LogP) is 4.14. The molecule has 2 aromatic rings. The molecule has 0 aliphatic carbocycles. The molecule has 0 aliphatic heterocycles. The monoisotopic (exact) mass is 351 g/mol. The maximum atomic E-state index is 12.1. The zero-order valence-electron chi connectivity index (χ0n) is 15.3. The lowest BCUT2D eigenvalue weighted by atomic mass is 10.1. The van der Waals surface area contributed by atoms with Crippen LogP contribution in [0.25, 0.3) is 6.08 Å².